The summed E-state index contributed by atoms with van der Waals surface area (Å²) in [6.07, 6.45) is 1.76. The van der Waals surface area contributed by atoms with E-state index in [4.69, 9.17) is 0 Å². The minimum Gasteiger partial charge on any atom is -0.339 e. The minimum absolute atomic E-state index is 0.0691. The summed E-state index contributed by atoms with van der Waals surface area (Å²) >= 11 is 0. The number of rotatable bonds is 3. The Kier molecular flexibility index (Phi) is 3.47. The molecule has 1 heterocycles. The first-order valence-electron chi connectivity index (χ1n) is 7.87. The number of carbonyl (C=O) groups is 1. The van der Waals surface area contributed by atoms with Gasteiger partial charge in [0.15, 0.2) is 5.78 Å². The lowest BCUT2D eigenvalue weighted by Crippen LogP contribution is -1.98. The van der Waals surface area contributed by atoms with Crippen molar-refractivity contribution in [1.82, 2.24) is 4.98 Å². The summed E-state index contributed by atoms with van der Waals surface area (Å²) in [5, 5.41) is 7.62. The molecule has 0 atom stereocenters. The first-order chi connectivity index (χ1) is 11.7. The van der Waals surface area contributed by atoms with Gasteiger partial charge in [-0.25, -0.2) is 4.98 Å². The van der Waals surface area contributed by atoms with Crippen molar-refractivity contribution in [2.24, 2.45) is 0 Å². The number of nitrogens with zero attached hydrogens (tertiary/aromatic N) is 1. The Morgan fingerprint density at radius 1 is 0.875 bits per heavy atom. The number of hydrogen-bond donors (Lipinski definition) is 1. The number of ketones is 1. The van der Waals surface area contributed by atoms with Crippen LogP contribution in [0.3, 0.4) is 0 Å². The Morgan fingerprint density at radius 2 is 1.67 bits per heavy atom. The van der Waals surface area contributed by atoms with Crippen molar-refractivity contribution in [1.29, 1.82) is 0 Å². The number of anilines is 2. The van der Waals surface area contributed by atoms with Gasteiger partial charge in [-0.1, -0.05) is 48.5 Å². The zero-order valence-electron chi connectivity index (χ0n) is 13.3. The molecule has 0 spiro atoms. The Morgan fingerprint density at radius 3 is 2.46 bits per heavy atom. The molecule has 0 aliphatic rings. The quantitative estimate of drug-likeness (QED) is 0.410. The second-order valence-electron chi connectivity index (χ2n) is 5.77. The predicted octanol–water partition coefficient (Wildman–Crippen LogP) is 5.33. The minimum atomic E-state index is 0.0691. The van der Waals surface area contributed by atoms with Crippen LogP contribution in [0.4, 0.5) is 11.5 Å². The molecule has 3 nitrogen and oxygen atoms in total. The molecule has 116 valence electrons. The van der Waals surface area contributed by atoms with E-state index in [1.54, 1.807) is 13.1 Å². The molecule has 0 amide bonds. The van der Waals surface area contributed by atoms with Gasteiger partial charge in [0.05, 0.1) is 5.69 Å². The van der Waals surface area contributed by atoms with Crippen LogP contribution in [-0.4, -0.2) is 10.8 Å². The molecule has 3 heteroatoms. The van der Waals surface area contributed by atoms with Crippen LogP contribution in [0.25, 0.3) is 21.5 Å². The van der Waals surface area contributed by atoms with Crippen LogP contribution in [-0.2, 0) is 0 Å². The lowest BCUT2D eigenvalue weighted by molar-refractivity contribution is 0.101. The second kappa shape index (κ2) is 5.78. The summed E-state index contributed by atoms with van der Waals surface area (Å²) in [5.74, 6) is 0.850. The molecule has 0 radical (unpaired) electrons. The van der Waals surface area contributed by atoms with Crippen LogP contribution >= 0.6 is 0 Å². The highest BCUT2D eigenvalue weighted by Gasteiger charge is 2.12. The van der Waals surface area contributed by atoms with Gasteiger partial charge in [0.1, 0.15) is 5.82 Å². The average Bonchev–Trinajstić information content (AvgIpc) is 2.62. The van der Waals surface area contributed by atoms with Gasteiger partial charge in [0, 0.05) is 22.5 Å². The summed E-state index contributed by atoms with van der Waals surface area (Å²) < 4.78 is 0. The molecule has 3 aromatic carbocycles. The van der Waals surface area contributed by atoms with Crippen LogP contribution in [0, 0.1) is 0 Å². The third-order valence-electron chi connectivity index (χ3n) is 4.20. The lowest BCUT2D eigenvalue weighted by atomic mass is 9.96. The fraction of sp³-hybridized carbons (Fsp3) is 0.0476. The molecule has 0 aliphatic carbocycles. The van der Waals surface area contributed by atoms with Gasteiger partial charge in [0.2, 0.25) is 0 Å². The lowest BCUT2D eigenvalue weighted by Gasteiger charge is -2.14. The topological polar surface area (TPSA) is 42.0 Å². The van der Waals surface area contributed by atoms with Crippen molar-refractivity contribution in [3.8, 4) is 0 Å². The molecule has 4 rings (SSSR count). The Labute approximate surface area is 140 Å². The highest BCUT2D eigenvalue weighted by atomic mass is 16.1. The van der Waals surface area contributed by atoms with E-state index in [0.29, 0.717) is 0 Å². The van der Waals surface area contributed by atoms with E-state index < -0.39 is 0 Å². The number of fused-ring (bicyclic) bond motifs is 2. The number of nitrogens with one attached hydrogen (secondary N) is 1. The molecule has 0 aliphatic heterocycles. The van der Waals surface area contributed by atoms with E-state index in [1.807, 2.05) is 48.5 Å². The molecule has 0 bridgehead atoms. The maximum Gasteiger partial charge on any atom is 0.160 e. The monoisotopic (exact) mass is 312 g/mol. The molecule has 0 unspecified atom stereocenters. The highest BCUT2D eigenvalue weighted by Crippen LogP contribution is 2.36. The summed E-state index contributed by atoms with van der Waals surface area (Å²) in [4.78, 5) is 16.4. The van der Waals surface area contributed by atoms with Crippen LogP contribution in [0.2, 0.25) is 0 Å². The van der Waals surface area contributed by atoms with Gasteiger partial charge in [-0.2, -0.15) is 0 Å². The third-order valence-corrected chi connectivity index (χ3v) is 4.20. The van der Waals surface area contributed by atoms with Crippen LogP contribution in [0.1, 0.15) is 17.3 Å². The van der Waals surface area contributed by atoms with Gasteiger partial charge < -0.3 is 5.32 Å². The molecule has 1 N–H and O–H groups in total. The van der Waals surface area contributed by atoms with Crippen molar-refractivity contribution in [2.45, 2.75) is 6.92 Å². The van der Waals surface area contributed by atoms with Crippen molar-refractivity contribution in [3.05, 3.63) is 78.5 Å². The SMILES string of the molecule is CC(=O)c1cccc2c(Nc3ccccn3)c3ccccc3cc12. The van der Waals surface area contributed by atoms with Gasteiger partial charge in [-0.3, -0.25) is 4.79 Å². The predicted molar refractivity (Wildman–Crippen MR) is 99.0 cm³/mol. The average molecular weight is 312 g/mol. The first-order valence-corrected chi connectivity index (χ1v) is 7.87. The number of Topliss-reactive ketones (excluding diaryl/α,β-unsaturated/α-hetero) is 1. The fourth-order valence-corrected chi connectivity index (χ4v) is 3.10. The van der Waals surface area contributed by atoms with Gasteiger partial charge in [-0.15, -0.1) is 0 Å². The van der Waals surface area contributed by atoms with Crippen molar-refractivity contribution in [3.63, 3.8) is 0 Å². The number of hydrogen-bond acceptors (Lipinski definition) is 3. The Hall–Kier alpha value is -3.20. The van der Waals surface area contributed by atoms with Gasteiger partial charge in [-0.05, 0) is 35.9 Å². The molecular formula is C21H16N2O. The van der Waals surface area contributed by atoms with Gasteiger partial charge >= 0.3 is 0 Å². The summed E-state index contributed by atoms with van der Waals surface area (Å²) in [6, 6.07) is 21.9. The molecular weight excluding hydrogens is 296 g/mol. The van der Waals surface area contributed by atoms with E-state index >= 15 is 0 Å². The zero-order valence-corrected chi connectivity index (χ0v) is 13.3. The largest absolute Gasteiger partial charge is 0.339 e. The molecule has 0 saturated carbocycles. The number of aromatic nitrogens is 1. The molecule has 4 aromatic rings. The Bertz CT molecular complexity index is 1060. The third kappa shape index (κ3) is 2.40. The first kappa shape index (κ1) is 14.4. The molecule has 1 aromatic heterocycles. The second-order valence-corrected chi connectivity index (χ2v) is 5.77. The van der Waals surface area contributed by atoms with E-state index in [0.717, 1.165) is 38.6 Å². The van der Waals surface area contributed by atoms with E-state index in [1.165, 1.54) is 0 Å². The summed E-state index contributed by atoms with van der Waals surface area (Å²) in [7, 11) is 0. The van der Waals surface area contributed by atoms with Crippen molar-refractivity contribution >= 4 is 38.8 Å². The van der Waals surface area contributed by atoms with E-state index in [2.05, 4.69) is 28.5 Å². The normalized spacial score (nSPS) is 10.9. The maximum atomic E-state index is 12.0. The fourth-order valence-electron chi connectivity index (χ4n) is 3.10. The highest BCUT2D eigenvalue weighted by molar-refractivity contribution is 6.17. The van der Waals surface area contributed by atoms with Crippen LogP contribution in [0.15, 0.2) is 72.9 Å². The maximum absolute atomic E-state index is 12.0. The standard InChI is InChI=1S/C21H16N2O/c1-14(24)16-9-6-10-18-19(16)13-15-7-2-3-8-17(15)21(18)23-20-11-4-5-12-22-20/h2-13H,1H3,(H,22,23). The molecule has 0 saturated heterocycles. The Balaban J connectivity index is 2.07. The number of benzene rings is 3. The van der Waals surface area contributed by atoms with Crippen LogP contribution < -0.4 is 5.32 Å². The van der Waals surface area contributed by atoms with Gasteiger partial charge in [0.25, 0.3) is 0 Å². The smallest absolute Gasteiger partial charge is 0.160 e. The summed E-state index contributed by atoms with van der Waals surface area (Å²) in [6.45, 7) is 1.61. The summed E-state index contributed by atoms with van der Waals surface area (Å²) in [5.41, 5.74) is 1.72. The van der Waals surface area contributed by atoms with E-state index in [-0.39, 0.29) is 5.78 Å². The van der Waals surface area contributed by atoms with Crippen LogP contribution in [0.5, 0.6) is 0 Å². The zero-order chi connectivity index (χ0) is 16.5. The molecule has 24 heavy (non-hydrogen) atoms. The van der Waals surface area contributed by atoms with Crippen molar-refractivity contribution in [2.75, 3.05) is 5.32 Å². The number of carbonyl (C=O) groups excluding carboxylic acids is 1. The van der Waals surface area contributed by atoms with E-state index in [9.17, 15) is 4.79 Å². The number of pyridine rings is 1. The van der Waals surface area contributed by atoms with Crippen molar-refractivity contribution < 1.29 is 4.79 Å². The molecule has 0 fully saturated rings.